The van der Waals surface area contributed by atoms with Crippen LogP contribution in [0.1, 0.15) is 22.3 Å². The molecule has 0 aliphatic carbocycles. The van der Waals surface area contributed by atoms with Crippen LogP contribution in [0.15, 0.2) is 54.9 Å². The Hall–Kier alpha value is -2.73. The Morgan fingerprint density at radius 3 is 2.68 bits per heavy atom. The molecule has 0 radical (unpaired) electrons. The number of carbonyl (C=O) groups is 2. The van der Waals surface area contributed by atoms with Crippen LogP contribution in [0.25, 0.3) is 0 Å². The Kier molecular flexibility index (Phi) is 5.40. The summed E-state index contributed by atoms with van der Waals surface area (Å²) < 4.78 is 0. The van der Waals surface area contributed by atoms with Crippen LogP contribution >= 0.6 is 0 Å². The normalized spacial score (nSPS) is 18.0. The van der Waals surface area contributed by atoms with Gasteiger partial charge in [0.05, 0.1) is 0 Å². The third kappa shape index (κ3) is 4.42. The van der Waals surface area contributed by atoms with Gasteiger partial charge in [0.2, 0.25) is 5.91 Å². The molecule has 2 atom stereocenters. The van der Waals surface area contributed by atoms with E-state index in [1.54, 1.807) is 41.6 Å². The molecule has 1 aliphatic heterocycles. The van der Waals surface area contributed by atoms with Crippen molar-refractivity contribution in [2.24, 2.45) is 5.73 Å². The van der Waals surface area contributed by atoms with Gasteiger partial charge in [0.1, 0.15) is 6.04 Å². The summed E-state index contributed by atoms with van der Waals surface area (Å²) in [4.78, 5) is 31.2. The van der Waals surface area contributed by atoms with E-state index in [1.807, 2.05) is 18.2 Å². The van der Waals surface area contributed by atoms with Gasteiger partial charge in [-0.25, -0.2) is 0 Å². The highest BCUT2D eigenvalue weighted by atomic mass is 16.2. The number of carbonyl (C=O) groups excluding carboxylic acids is 2. The van der Waals surface area contributed by atoms with E-state index in [2.05, 4.69) is 10.3 Å². The number of hydrogen-bond acceptors (Lipinski definition) is 4. The standard InChI is InChI=1S/C19H22N4O2/c20-16-8-10-23(13-16)19(25)17(11-14-5-4-9-21-12-14)22-18(24)15-6-2-1-3-7-15/h1-7,9,12,16-17H,8,10-11,13,20H2,(H,22,24)/t16-,17?/m1/s1. The highest BCUT2D eigenvalue weighted by molar-refractivity contribution is 5.97. The third-order valence-electron chi connectivity index (χ3n) is 4.34. The molecule has 2 amide bonds. The zero-order valence-electron chi connectivity index (χ0n) is 14.0. The summed E-state index contributed by atoms with van der Waals surface area (Å²) in [6.45, 7) is 1.16. The van der Waals surface area contributed by atoms with Gasteiger partial charge in [-0.1, -0.05) is 24.3 Å². The molecule has 0 spiro atoms. The number of benzene rings is 1. The minimum Gasteiger partial charge on any atom is -0.340 e. The Bertz CT molecular complexity index is 721. The minimum atomic E-state index is -0.637. The molecule has 1 aliphatic rings. The van der Waals surface area contributed by atoms with Gasteiger partial charge in [-0.2, -0.15) is 0 Å². The first-order valence-corrected chi connectivity index (χ1v) is 8.42. The first-order valence-electron chi connectivity index (χ1n) is 8.42. The molecule has 1 aromatic carbocycles. The molecule has 1 fully saturated rings. The second kappa shape index (κ2) is 7.90. The third-order valence-corrected chi connectivity index (χ3v) is 4.34. The van der Waals surface area contributed by atoms with Crippen molar-refractivity contribution in [1.29, 1.82) is 0 Å². The number of likely N-dealkylation sites (tertiary alicyclic amines) is 1. The fraction of sp³-hybridized carbons (Fsp3) is 0.316. The summed E-state index contributed by atoms with van der Waals surface area (Å²) in [6.07, 6.45) is 4.59. The van der Waals surface area contributed by atoms with Crippen LogP contribution in [0.5, 0.6) is 0 Å². The molecule has 2 heterocycles. The van der Waals surface area contributed by atoms with E-state index < -0.39 is 6.04 Å². The van der Waals surface area contributed by atoms with E-state index in [0.29, 0.717) is 25.1 Å². The highest BCUT2D eigenvalue weighted by Gasteiger charge is 2.30. The van der Waals surface area contributed by atoms with Crippen LogP contribution in [0.4, 0.5) is 0 Å². The van der Waals surface area contributed by atoms with Gasteiger partial charge in [0.15, 0.2) is 0 Å². The van der Waals surface area contributed by atoms with E-state index >= 15 is 0 Å². The molecule has 3 rings (SSSR count). The Morgan fingerprint density at radius 2 is 2.04 bits per heavy atom. The molecule has 1 unspecified atom stereocenters. The lowest BCUT2D eigenvalue weighted by atomic mass is 10.1. The van der Waals surface area contributed by atoms with Gasteiger partial charge in [-0.15, -0.1) is 0 Å². The Balaban J connectivity index is 1.76. The number of pyridine rings is 1. The summed E-state index contributed by atoms with van der Waals surface area (Å²) in [7, 11) is 0. The van der Waals surface area contributed by atoms with Gasteiger partial charge in [0, 0.05) is 43.5 Å². The molecule has 1 saturated heterocycles. The van der Waals surface area contributed by atoms with E-state index in [1.165, 1.54) is 0 Å². The van der Waals surface area contributed by atoms with Crippen molar-refractivity contribution in [2.75, 3.05) is 13.1 Å². The number of amides is 2. The van der Waals surface area contributed by atoms with E-state index in [9.17, 15) is 9.59 Å². The van der Waals surface area contributed by atoms with Crippen LogP contribution in [-0.4, -0.2) is 46.9 Å². The molecule has 6 heteroatoms. The zero-order valence-corrected chi connectivity index (χ0v) is 14.0. The largest absolute Gasteiger partial charge is 0.340 e. The molecular formula is C19H22N4O2. The van der Waals surface area contributed by atoms with Crippen LogP contribution < -0.4 is 11.1 Å². The predicted octanol–water partition coefficient (Wildman–Crippen LogP) is 0.982. The van der Waals surface area contributed by atoms with E-state index in [-0.39, 0.29) is 17.9 Å². The number of hydrogen-bond donors (Lipinski definition) is 2. The lowest BCUT2D eigenvalue weighted by Crippen LogP contribution is -2.49. The summed E-state index contributed by atoms with van der Waals surface area (Å²) >= 11 is 0. The van der Waals surface area contributed by atoms with Crippen LogP contribution in [0.3, 0.4) is 0 Å². The summed E-state index contributed by atoms with van der Waals surface area (Å²) in [6, 6.07) is 12.0. The average Bonchev–Trinajstić information content (AvgIpc) is 3.08. The molecule has 130 valence electrons. The van der Waals surface area contributed by atoms with Crippen molar-refractivity contribution in [3.63, 3.8) is 0 Å². The van der Waals surface area contributed by atoms with Crippen LogP contribution in [0.2, 0.25) is 0 Å². The molecule has 1 aromatic heterocycles. The maximum atomic E-state index is 12.9. The van der Waals surface area contributed by atoms with Crippen molar-refractivity contribution in [3.05, 3.63) is 66.0 Å². The second-order valence-electron chi connectivity index (χ2n) is 6.29. The zero-order chi connectivity index (χ0) is 17.6. The van der Waals surface area contributed by atoms with E-state index in [0.717, 1.165) is 12.0 Å². The fourth-order valence-corrected chi connectivity index (χ4v) is 2.99. The van der Waals surface area contributed by atoms with Gasteiger partial charge >= 0.3 is 0 Å². The highest BCUT2D eigenvalue weighted by Crippen LogP contribution is 2.12. The molecule has 6 nitrogen and oxygen atoms in total. The number of nitrogens with zero attached hydrogens (tertiary/aromatic N) is 2. The molecule has 0 saturated carbocycles. The number of rotatable bonds is 5. The Morgan fingerprint density at radius 1 is 1.24 bits per heavy atom. The summed E-state index contributed by atoms with van der Waals surface area (Å²) in [5.74, 6) is -0.354. The smallest absolute Gasteiger partial charge is 0.251 e. The van der Waals surface area contributed by atoms with Gasteiger partial charge in [-0.3, -0.25) is 14.6 Å². The lowest BCUT2D eigenvalue weighted by molar-refractivity contribution is -0.132. The first-order chi connectivity index (χ1) is 12.1. The minimum absolute atomic E-state index is 0.00724. The summed E-state index contributed by atoms with van der Waals surface area (Å²) in [5, 5.41) is 2.87. The second-order valence-corrected chi connectivity index (χ2v) is 6.29. The van der Waals surface area contributed by atoms with Gasteiger partial charge < -0.3 is 16.0 Å². The maximum Gasteiger partial charge on any atom is 0.251 e. The molecule has 3 N–H and O–H groups in total. The van der Waals surface area contributed by atoms with Crippen LogP contribution in [0, 0.1) is 0 Å². The molecule has 25 heavy (non-hydrogen) atoms. The average molecular weight is 338 g/mol. The first kappa shape index (κ1) is 17.1. The monoisotopic (exact) mass is 338 g/mol. The van der Waals surface area contributed by atoms with Crippen molar-refractivity contribution in [2.45, 2.75) is 24.9 Å². The molecule has 2 aromatic rings. The van der Waals surface area contributed by atoms with Crippen molar-refractivity contribution >= 4 is 11.8 Å². The molecule has 0 bridgehead atoms. The van der Waals surface area contributed by atoms with Crippen LogP contribution in [-0.2, 0) is 11.2 Å². The van der Waals surface area contributed by atoms with E-state index in [4.69, 9.17) is 5.73 Å². The van der Waals surface area contributed by atoms with Gasteiger partial charge in [0.25, 0.3) is 5.91 Å². The number of aromatic nitrogens is 1. The predicted molar refractivity (Wildman–Crippen MR) is 94.8 cm³/mol. The Labute approximate surface area is 147 Å². The lowest BCUT2D eigenvalue weighted by Gasteiger charge is -2.24. The topological polar surface area (TPSA) is 88.3 Å². The molecular weight excluding hydrogens is 316 g/mol. The van der Waals surface area contributed by atoms with Crippen molar-refractivity contribution in [1.82, 2.24) is 15.2 Å². The number of nitrogens with one attached hydrogen (secondary N) is 1. The van der Waals surface area contributed by atoms with Crippen molar-refractivity contribution in [3.8, 4) is 0 Å². The SMILES string of the molecule is N[C@@H]1CCN(C(=O)C(Cc2cccnc2)NC(=O)c2ccccc2)C1. The quantitative estimate of drug-likeness (QED) is 0.851. The summed E-state index contributed by atoms with van der Waals surface area (Å²) in [5.41, 5.74) is 7.35. The number of nitrogens with two attached hydrogens (primary N) is 1. The van der Waals surface area contributed by atoms with Gasteiger partial charge in [-0.05, 0) is 30.2 Å². The fourth-order valence-electron chi connectivity index (χ4n) is 2.99. The maximum absolute atomic E-state index is 12.9. The van der Waals surface area contributed by atoms with Crippen molar-refractivity contribution < 1.29 is 9.59 Å².